The fourth-order valence-electron chi connectivity index (χ4n) is 1.78. The zero-order chi connectivity index (χ0) is 11.8. The lowest BCUT2D eigenvalue weighted by atomic mass is 10.2. The molecule has 1 aromatic carbocycles. The van der Waals surface area contributed by atoms with Crippen LogP contribution in [0.2, 0.25) is 0 Å². The maximum atomic E-state index is 5.96. The largest absolute Gasteiger partial charge is 0.398 e. The summed E-state index contributed by atoms with van der Waals surface area (Å²) in [6, 6.07) is 13.4. The molecule has 0 atom stereocenters. The van der Waals surface area contributed by atoms with Crippen molar-refractivity contribution in [3.05, 3.63) is 47.1 Å². The Morgan fingerprint density at radius 3 is 2.65 bits per heavy atom. The molecule has 0 spiro atoms. The van der Waals surface area contributed by atoms with Crippen LogP contribution in [0.15, 0.2) is 47.1 Å². The van der Waals surface area contributed by atoms with Crippen LogP contribution in [0.25, 0.3) is 17.0 Å². The molecule has 0 aliphatic heterocycles. The number of rotatable bonds is 1. The summed E-state index contributed by atoms with van der Waals surface area (Å²) in [6.07, 6.45) is 0. The number of nitrogens with zero attached hydrogens (tertiary/aromatic N) is 3. The first-order valence-electron chi connectivity index (χ1n) is 5.12. The summed E-state index contributed by atoms with van der Waals surface area (Å²) in [6.45, 7) is 0. The molecule has 0 aliphatic rings. The van der Waals surface area contributed by atoms with E-state index in [0.29, 0.717) is 5.69 Å². The molecule has 0 fully saturated rings. The second-order valence-electron chi connectivity index (χ2n) is 3.65. The minimum atomic E-state index is 0.692. The van der Waals surface area contributed by atoms with Gasteiger partial charge in [0.1, 0.15) is 0 Å². The Hall–Kier alpha value is -1.88. The minimum absolute atomic E-state index is 0.692. The summed E-state index contributed by atoms with van der Waals surface area (Å²) >= 11 is 3.49. The summed E-state index contributed by atoms with van der Waals surface area (Å²) in [5.74, 6) is 0.741. The fourth-order valence-corrected chi connectivity index (χ4v) is 2.28. The predicted molar refractivity (Wildman–Crippen MR) is 70.5 cm³/mol. The molecule has 2 aromatic heterocycles. The minimum Gasteiger partial charge on any atom is -0.398 e. The number of para-hydroxylation sites is 1. The molecule has 2 N–H and O–H groups in total. The van der Waals surface area contributed by atoms with Gasteiger partial charge in [-0.05, 0) is 40.2 Å². The number of halogens is 1. The highest BCUT2D eigenvalue weighted by molar-refractivity contribution is 9.10. The third kappa shape index (κ3) is 1.59. The summed E-state index contributed by atoms with van der Waals surface area (Å²) in [5, 5.41) is 8.31. The Labute approximate surface area is 106 Å². The van der Waals surface area contributed by atoms with Crippen molar-refractivity contribution >= 4 is 27.3 Å². The molecular formula is C12H9BrN4. The molecule has 0 radical (unpaired) electrons. The first-order valence-corrected chi connectivity index (χ1v) is 5.91. The average Bonchev–Trinajstić information content (AvgIpc) is 2.75. The molecule has 0 aliphatic carbocycles. The highest BCUT2D eigenvalue weighted by Gasteiger charge is 2.11. The van der Waals surface area contributed by atoms with Crippen LogP contribution in [0.5, 0.6) is 0 Å². The predicted octanol–water partition coefficient (Wildman–Crippen LogP) is 2.74. The van der Waals surface area contributed by atoms with Crippen molar-refractivity contribution in [1.82, 2.24) is 14.6 Å². The van der Waals surface area contributed by atoms with Gasteiger partial charge in [0.05, 0.1) is 4.60 Å². The summed E-state index contributed by atoms with van der Waals surface area (Å²) < 4.78 is 2.82. The number of hydrogen-bond donors (Lipinski definition) is 1. The maximum Gasteiger partial charge on any atom is 0.171 e. The Morgan fingerprint density at radius 2 is 1.82 bits per heavy atom. The molecule has 4 nitrogen and oxygen atoms in total. The van der Waals surface area contributed by atoms with Gasteiger partial charge in [-0.1, -0.05) is 18.2 Å². The van der Waals surface area contributed by atoms with Crippen LogP contribution in [0.3, 0.4) is 0 Å². The summed E-state index contributed by atoms with van der Waals surface area (Å²) in [7, 11) is 0. The number of nitrogen functional groups attached to an aromatic ring is 1. The quantitative estimate of drug-likeness (QED) is 0.553. The van der Waals surface area contributed by atoms with Crippen molar-refractivity contribution in [1.29, 1.82) is 0 Å². The SMILES string of the molecule is Nc1ccccc1-c1nnc2cccc(Br)n12. The van der Waals surface area contributed by atoms with Crippen LogP contribution in [0, 0.1) is 0 Å². The Balaban J connectivity index is 2.36. The molecule has 0 saturated carbocycles. The standard InChI is InChI=1S/C12H9BrN4/c13-10-6-3-7-11-15-16-12(17(10)11)8-4-1-2-5-9(8)14/h1-7H,14H2. The van der Waals surface area contributed by atoms with Crippen LogP contribution in [-0.2, 0) is 0 Å². The lowest BCUT2D eigenvalue weighted by Crippen LogP contribution is -1.95. The van der Waals surface area contributed by atoms with Crippen molar-refractivity contribution in [2.75, 3.05) is 5.73 Å². The lowest BCUT2D eigenvalue weighted by Gasteiger charge is -2.04. The molecule has 84 valence electrons. The van der Waals surface area contributed by atoms with Gasteiger partial charge in [0, 0.05) is 11.3 Å². The second kappa shape index (κ2) is 3.85. The number of hydrogen-bond acceptors (Lipinski definition) is 3. The van der Waals surface area contributed by atoms with Gasteiger partial charge in [-0.25, -0.2) is 0 Å². The van der Waals surface area contributed by atoms with Crippen LogP contribution < -0.4 is 5.73 Å². The van der Waals surface area contributed by atoms with Crippen molar-refractivity contribution in [2.24, 2.45) is 0 Å². The zero-order valence-electron chi connectivity index (χ0n) is 8.84. The van der Waals surface area contributed by atoms with Gasteiger partial charge in [-0.2, -0.15) is 0 Å². The maximum absolute atomic E-state index is 5.96. The van der Waals surface area contributed by atoms with E-state index in [1.807, 2.05) is 46.9 Å². The summed E-state index contributed by atoms with van der Waals surface area (Å²) in [4.78, 5) is 0. The van der Waals surface area contributed by atoms with E-state index in [2.05, 4.69) is 26.1 Å². The number of aromatic nitrogens is 3. The third-order valence-electron chi connectivity index (χ3n) is 2.58. The third-order valence-corrected chi connectivity index (χ3v) is 3.20. The van der Waals surface area contributed by atoms with Gasteiger partial charge in [0.25, 0.3) is 0 Å². The van der Waals surface area contributed by atoms with E-state index in [1.165, 1.54) is 0 Å². The molecular weight excluding hydrogens is 280 g/mol. The zero-order valence-corrected chi connectivity index (χ0v) is 10.4. The normalized spacial score (nSPS) is 10.9. The monoisotopic (exact) mass is 288 g/mol. The molecule has 2 heterocycles. The summed E-state index contributed by atoms with van der Waals surface area (Å²) in [5.41, 5.74) is 8.32. The van der Waals surface area contributed by atoms with Crippen LogP contribution in [0.1, 0.15) is 0 Å². The Bertz CT molecular complexity index is 690. The van der Waals surface area contributed by atoms with Crippen LogP contribution in [0.4, 0.5) is 5.69 Å². The van der Waals surface area contributed by atoms with E-state index in [1.54, 1.807) is 0 Å². The molecule has 3 rings (SSSR count). The van der Waals surface area contributed by atoms with E-state index in [-0.39, 0.29) is 0 Å². The van der Waals surface area contributed by atoms with Gasteiger partial charge in [0.15, 0.2) is 11.5 Å². The number of anilines is 1. The van der Waals surface area contributed by atoms with Gasteiger partial charge in [-0.3, -0.25) is 4.40 Å². The molecule has 5 heteroatoms. The van der Waals surface area contributed by atoms with E-state index >= 15 is 0 Å². The van der Waals surface area contributed by atoms with Crippen LogP contribution >= 0.6 is 15.9 Å². The fraction of sp³-hybridized carbons (Fsp3) is 0. The van der Waals surface area contributed by atoms with Crippen molar-refractivity contribution in [3.8, 4) is 11.4 Å². The Morgan fingerprint density at radius 1 is 1.00 bits per heavy atom. The van der Waals surface area contributed by atoms with Crippen molar-refractivity contribution < 1.29 is 0 Å². The van der Waals surface area contributed by atoms with E-state index in [9.17, 15) is 0 Å². The van der Waals surface area contributed by atoms with Gasteiger partial charge < -0.3 is 5.73 Å². The van der Waals surface area contributed by atoms with E-state index in [0.717, 1.165) is 21.6 Å². The topological polar surface area (TPSA) is 56.2 Å². The molecule has 0 saturated heterocycles. The smallest absolute Gasteiger partial charge is 0.171 e. The second-order valence-corrected chi connectivity index (χ2v) is 4.47. The Kier molecular flexibility index (Phi) is 2.33. The molecule has 0 unspecified atom stereocenters. The first kappa shape index (κ1) is 10.3. The highest BCUT2D eigenvalue weighted by atomic mass is 79.9. The number of pyridine rings is 1. The van der Waals surface area contributed by atoms with Crippen molar-refractivity contribution in [2.45, 2.75) is 0 Å². The van der Waals surface area contributed by atoms with Gasteiger partial charge >= 0.3 is 0 Å². The molecule has 17 heavy (non-hydrogen) atoms. The molecule has 0 bridgehead atoms. The molecule has 0 amide bonds. The van der Waals surface area contributed by atoms with E-state index in [4.69, 9.17) is 5.73 Å². The number of benzene rings is 1. The van der Waals surface area contributed by atoms with Gasteiger partial charge in [0.2, 0.25) is 0 Å². The average molecular weight is 289 g/mol. The number of nitrogens with two attached hydrogens (primary N) is 1. The van der Waals surface area contributed by atoms with E-state index < -0.39 is 0 Å². The van der Waals surface area contributed by atoms with Crippen molar-refractivity contribution in [3.63, 3.8) is 0 Å². The highest BCUT2D eigenvalue weighted by Crippen LogP contribution is 2.26. The van der Waals surface area contributed by atoms with Gasteiger partial charge in [-0.15, -0.1) is 10.2 Å². The first-order chi connectivity index (χ1) is 8.27. The lowest BCUT2D eigenvalue weighted by molar-refractivity contribution is 1.10. The number of fused-ring (bicyclic) bond motifs is 1. The molecule has 3 aromatic rings. The van der Waals surface area contributed by atoms with Crippen LogP contribution in [-0.4, -0.2) is 14.6 Å².